The summed E-state index contributed by atoms with van der Waals surface area (Å²) in [7, 11) is 0. The monoisotopic (exact) mass is 523 g/mol. The quantitative estimate of drug-likeness (QED) is 0.287. The molecule has 4 heterocycles. The predicted octanol–water partition coefficient (Wildman–Crippen LogP) is 5.15. The predicted molar refractivity (Wildman–Crippen MR) is 148 cm³/mol. The van der Waals surface area contributed by atoms with Crippen molar-refractivity contribution < 1.29 is 9.15 Å². The van der Waals surface area contributed by atoms with Crippen LogP contribution in [0.5, 0.6) is 5.75 Å². The summed E-state index contributed by atoms with van der Waals surface area (Å²) in [5.74, 6) is 2.20. The molecule has 0 aliphatic carbocycles. The van der Waals surface area contributed by atoms with Crippen molar-refractivity contribution in [3.8, 4) is 34.3 Å². The molecular weight excluding hydrogens is 498 g/mol. The highest BCUT2D eigenvalue weighted by molar-refractivity contribution is 7.15. The summed E-state index contributed by atoms with van der Waals surface area (Å²) >= 11 is 1.28. The number of hydrogen-bond acceptors (Lipinski definition) is 7. The van der Waals surface area contributed by atoms with E-state index in [0.29, 0.717) is 33.6 Å². The summed E-state index contributed by atoms with van der Waals surface area (Å²) < 4.78 is 15.0. The van der Waals surface area contributed by atoms with Gasteiger partial charge in [-0.25, -0.2) is 4.68 Å². The minimum Gasteiger partial charge on any atom is -0.493 e. The topological polar surface area (TPSA) is 87.5 Å². The summed E-state index contributed by atoms with van der Waals surface area (Å²) in [6.07, 6.45) is 5.35. The van der Waals surface area contributed by atoms with Crippen LogP contribution < -0.4 is 14.8 Å². The maximum absolute atomic E-state index is 13.2. The third-order valence-electron chi connectivity index (χ3n) is 5.99. The molecule has 8 nitrogen and oxygen atoms in total. The SMILES string of the molecule is Cc1cc(-c2nn(-c3ccccc3)cc2C=c2sc3nc(-c4ccco4)nn3c2=O)ccc1OCC(C)C. The molecule has 0 aliphatic heterocycles. The molecule has 38 heavy (non-hydrogen) atoms. The molecule has 0 saturated heterocycles. The van der Waals surface area contributed by atoms with Gasteiger partial charge < -0.3 is 9.15 Å². The zero-order valence-electron chi connectivity index (χ0n) is 21.2. The van der Waals surface area contributed by atoms with Crippen LogP contribution in [0.2, 0.25) is 0 Å². The molecule has 0 amide bonds. The van der Waals surface area contributed by atoms with Crippen molar-refractivity contribution in [1.29, 1.82) is 0 Å². The number of rotatable bonds is 7. The van der Waals surface area contributed by atoms with E-state index < -0.39 is 0 Å². The van der Waals surface area contributed by atoms with Gasteiger partial charge in [-0.2, -0.15) is 14.6 Å². The third-order valence-corrected chi connectivity index (χ3v) is 6.95. The Morgan fingerprint density at radius 2 is 1.92 bits per heavy atom. The number of aryl methyl sites for hydroxylation is 1. The second-order valence-corrected chi connectivity index (χ2v) is 10.4. The molecule has 6 aromatic rings. The average molecular weight is 524 g/mol. The van der Waals surface area contributed by atoms with Gasteiger partial charge in [-0.15, -0.1) is 5.10 Å². The van der Waals surface area contributed by atoms with Gasteiger partial charge in [0.1, 0.15) is 11.4 Å². The van der Waals surface area contributed by atoms with Crippen LogP contribution in [0.15, 0.2) is 82.3 Å². The largest absolute Gasteiger partial charge is 0.493 e. The Morgan fingerprint density at radius 1 is 1.08 bits per heavy atom. The number of nitrogens with zero attached hydrogens (tertiary/aromatic N) is 5. The van der Waals surface area contributed by atoms with Crippen LogP contribution in [-0.2, 0) is 0 Å². The summed E-state index contributed by atoms with van der Waals surface area (Å²) in [6, 6.07) is 19.5. The lowest BCUT2D eigenvalue weighted by Gasteiger charge is -2.12. The van der Waals surface area contributed by atoms with Crippen LogP contribution in [0, 0.1) is 12.8 Å². The Labute approximate surface area is 222 Å². The molecule has 0 atom stereocenters. The molecule has 9 heteroatoms. The van der Waals surface area contributed by atoms with E-state index in [9.17, 15) is 4.79 Å². The first-order chi connectivity index (χ1) is 18.5. The van der Waals surface area contributed by atoms with Crippen molar-refractivity contribution in [2.45, 2.75) is 20.8 Å². The molecule has 0 radical (unpaired) electrons. The van der Waals surface area contributed by atoms with Crippen molar-refractivity contribution in [3.63, 3.8) is 0 Å². The van der Waals surface area contributed by atoms with Crippen LogP contribution in [-0.4, -0.2) is 31.0 Å². The van der Waals surface area contributed by atoms with Gasteiger partial charge in [-0.05, 0) is 66.9 Å². The lowest BCUT2D eigenvalue weighted by molar-refractivity contribution is 0.269. The van der Waals surface area contributed by atoms with E-state index in [2.05, 4.69) is 30.0 Å². The van der Waals surface area contributed by atoms with Crippen molar-refractivity contribution in [2.75, 3.05) is 6.61 Å². The molecule has 0 spiro atoms. The van der Waals surface area contributed by atoms with Crippen LogP contribution in [0.25, 0.3) is 39.6 Å². The van der Waals surface area contributed by atoms with Gasteiger partial charge in [0.05, 0.1) is 23.1 Å². The number of fused-ring (bicyclic) bond motifs is 1. The minimum atomic E-state index is -0.234. The minimum absolute atomic E-state index is 0.234. The average Bonchev–Trinajstić information content (AvgIpc) is 3.70. The molecule has 0 unspecified atom stereocenters. The van der Waals surface area contributed by atoms with Crippen LogP contribution >= 0.6 is 11.3 Å². The Bertz CT molecular complexity index is 1830. The Kier molecular flexibility index (Phi) is 6.13. The molecule has 0 N–H and O–H groups in total. The first-order valence-electron chi connectivity index (χ1n) is 12.3. The van der Waals surface area contributed by atoms with E-state index in [1.807, 2.05) is 66.3 Å². The van der Waals surface area contributed by atoms with Crippen LogP contribution in [0.4, 0.5) is 0 Å². The number of benzene rings is 2. The summed E-state index contributed by atoms with van der Waals surface area (Å²) in [5.41, 5.74) is 4.24. The van der Waals surface area contributed by atoms with Gasteiger partial charge in [0, 0.05) is 17.3 Å². The smallest absolute Gasteiger partial charge is 0.291 e. The Morgan fingerprint density at radius 3 is 2.63 bits per heavy atom. The van der Waals surface area contributed by atoms with Crippen LogP contribution in [0.1, 0.15) is 25.0 Å². The second kappa shape index (κ2) is 9.75. The summed E-state index contributed by atoms with van der Waals surface area (Å²) in [6.45, 7) is 6.94. The fourth-order valence-corrected chi connectivity index (χ4v) is 5.03. The van der Waals surface area contributed by atoms with E-state index in [0.717, 1.165) is 33.8 Å². The first kappa shape index (κ1) is 23.9. The molecule has 190 valence electrons. The lowest BCUT2D eigenvalue weighted by atomic mass is 10.0. The van der Waals surface area contributed by atoms with E-state index in [1.54, 1.807) is 18.4 Å². The van der Waals surface area contributed by atoms with Gasteiger partial charge in [-0.3, -0.25) is 4.79 Å². The van der Waals surface area contributed by atoms with Gasteiger partial charge in [0.15, 0.2) is 5.76 Å². The highest BCUT2D eigenvalue weighted by atomic mass is 32.1. The van der Waals surface area contributed by atoms with Gasteiger partial charge in [0.25, 0.3) is 5.56 Å². The second-order valence-electron chi connectivity index (χ2n) is 9.42. The Hall–Kier alpha value is -4.50. The zero-order chi connectivity index (χ0) is 26.2. The first-order valence-corrected chi connectivity index (χ1v) is 13.1. The summed E-state index contributed by atoms with van der Waals surface area (Å²) in [4.78, 5) is 18.2. The number of ether oxygens (including phenoxy) is 1. The normalized spacial score (nSPS) is 12.2. The fourth-order valence-electron chi connectivity index (χ4n) is 4.13. The maximum atomic E-state index is 13.2. The van der Waals surface area contributed by atoms with E-state index >= 15 is 0 Å². The number of furan rings is 1. The van der Waals surface area contributed by atoms with Crippen molar-refractivity contribution in [1.82, 2.24) is 24.4 Å². The number of aromatic nitrogens is 5. The number of thiazole rings is 1. The van der Waals surface area contributed by atoms with Gasteiger partial charge in [0.2, 0.25) is 10.8 Å². The number of hydrogen-bond donors (Lipinski definition) is 0. The van der Waals surface area contributed by atoms with Crippen LogP contribution in [0.3, 0.4) is 0 Å². The van der Waals surface area contributed by atoms with Crippen molar-refractivity contribution >= 4 is 22.4 Å². The standard InChI is InChI=1S/C29H25N5O3S/c1-18(2)17-37-23-12-11-20(14-19(23)3)26-21(16-33(31-26)22-8-5-4-6-9-22)15-25-28(35)34-29(38-25)30-27(32-34)24-10-7-13-36-24/h4-16,18H,17H2,1-3H3. The number of para-hydroxylation sites is 1. The molecule has 2 aromatic carbocycles. The van der Waals surface area contributed by atoms with Crippen molar-refractivity contribution in [2.24, 2.45) is 5.92 Å². The maximum Gasteiger partial charge on any atom is 0.291 e. The van der Waals surface area contributed by atoms with E-state index in [-0.39, 0.29) is 5.56 Å². The summed E-state index contributed by atoms with van der Waals surface area (Å²) in [5, 5.41) is 9.26. The van der Waals surface area contributed by atoms with Gasteiger partial charge in [-0.1, -0.05) is 43.4 Å². The van der Waals surface area contributed by atoms with Crippen molar-refractivity contribution in [3.05, 3.63) is 99.1 Å². The zero-order valence-corrected chi connectivity index (χ0v) is 22.0. The highest BCUT2D eigenvalue weighted by Crippen LogP contribution is 2.29. The molecule has 0 saturated carbocycles. The molecular formula is C29H25N5O3S. The molecule has 0 fully saturated rings. The lowest BCUT2D eigenvalue weighted by Crippen LogP contribution is -2.23. The highest BCUT2D eigenvalue weighted by Gasteiger charge is 2.16. The third kappa shape index (κ3) is 4.52. The Balaban J connectivity index is 1.45. The molecule has 6 rings (SSSR count). The fraction of sp³-hybridized carbons (Fsp3) is 0.172. The van der Waals surface area contributed by atoms with Gasteiger partial charge >= 0.3 is 0 Å². The molecule has 4 aromatic heterocycles. The van der Waals surface area contributed by atoms with E-state index in [1.165, 1.54) is 15.9 Å². The molecule has 0 aliphatic rings. The van der Waals surface area contributed by atoms with E-state index in [4.69, 9.17) is 14.3 Å². The molecule has 0 bridgehead atoms.